The molecule has 0 aromatic carbocycles. The predicted octanol–water partition coefficient (Wildman–Crippen LogP) is -1.30. The molecule has 0 bridgehead atoms. The van der Waals surface area contributed by atoms with Gasteiger partial charge in [0.1, 0.15) is 0 Å². The minimum atomic E-state index is 0. The molecule has 0 aromatic heterocycles. The van der Waals surface area contributed by atoms with Crippen LogP contribution >= 0.6 is 0 Å². The van der Waals surface area contributed by atoms with Crippen LogP contribution in [0.1, 0.15) is 0 Å². The zero-order chi connectivity index (χ0) is 0. The molecule has 0 aliphatic heterocycles. The van der Waals surface area contributed by atoms with Gasteiger partial charge in [-0.15, -0.1) is 0 Å². The Morgan fingerprint density at radius 3 is 0.500 bits per heavy atom. The quantitative estimate of drug-likeness (QED) is 0.410. The van der Waals surface area contributed by atoms with E-state index in [1.807, 2.05) is 0 Å². The van der Waals surface area contributed by atoms with Crippen LogP contribution in [0.25, 0.3) is 0 Å². The Bertz CT molecular complexity index is 3.90. The normalized spacial score (nSPS) is 0. The fourth-order valence-corrected chi connectivity index (χ4v) is 0. The molecule has 0 fully saturated rings. The van der Waals surface area contributed by atoms with Crippen molar-refractivity contribution in [2.24, 2.45) is 0 Å². The molecule has 5 nitrogen and oxygen atoms in total. The molecule has 0 heterocycles. The van der Waals surface area contributed by atoms with Gasteiger partial charge in [0.25, 0.3) is 0 Å². The van der Waals surface area contributed by atoms with Gasteiger partial charge in [-0.05, 0) is 0 Å². The fraction of sp³-hybridized carbons (Fsp3) is 0. The molecule has 0 aliphatic carbocycles. The smallest absolute Gasteiger partial charge is 2.00 e. The summed E-state index contributed by atoms with van der Waals surface area (Å²) in [6.07, 6.45) is 0. The molecule has 2 N–H and O–H groups in total. The first kappa shape index (κ1) is 1050. The van der Waals surface area contributed by atoms with Crippen LogP contribution in [0.15, 0.2) is 0 Å². The van der Waals surface area contributed by atoms with Crippen LogP contribution in [-0.4, -0.2) is 5.48 Å². The topological polar surface area (TPSA) is 146 Å². The van der Waals surface area contributed by atoms with Crippen LogP contribution in [-0.2, 0) is 41.4 Å². The Balaban J connectivity index is 0. The van der Waals surface area contributed by atoms with E-state index in [1.165, 1.54) is 0 Å². The van der Waals surface area contributed by atoms with Crippen molar-refractivity contribution in [2.75, 3.05) is 0 Å². The summed E-state index contributed by atoms with van der Waals surface area (Å²) in [4.78, 5) is 0. The van der Waals surface area contributed by atoms with Gasteiger partial charge in [0.05, 0.1) is 0 Å². The second-order valence-corrected chi connectivity index (χ2v) is 0. The zero-order valence-electron chi connectivity index (χ0n) is 2.49. The summed E-state index contributed by atoms with van der Waals surface area (Å²) in [7, 11) is 0. The van der Waals surface area contributed by atoms with Crippen molar-refractivity contribution in [1.82, 2.24) is 0 Å². The molecule has 0 unspecified atom stereocenters. The maximum Gasteiger partial charge on any atom is 8.00 e. The average Bonchev–Trinajstić information content (AvgIpc) is 0. The third-order valence-corrected chi connectivity index (χ3v) is 0. The van der Waals surface area contributed by atoms with Crippen LogP contribution < -0.4 is 0 Å². The van der Waals surface area contributed by atoms with Crippen LogP contribution in [0.3, 0.4) is 0 Å². The molecule has 40 valence electrons. The Morgan fingerprint density at radius 2 is 0.500 bits per heavy atom. The monoisotopic (exact) mass is 184 g/mol. The van der Waals surface area contributed by atoms with E-state index in [1.54, 1.807) is 0 Å². The van der Waals surface area contributed by atoms with Gasteiger partial charge < -0.3 is 27.4 Å². The van der Waals surface area contributed by atoms with E-state index in [-0.39, 0.29) is 46.9 Å². The van der Waals surface area contributed by atoms with Gasteiger partial charge >= 0.3 is 19.5 Å². The summed E-state index contributed by atoms with van der Waals surface area (Å²) in [6, 6.07) is 0. The SMILES string of the molecule is O.[O-2].[O-2].[O-2].[O-2].[Ru+8]. The maximum atomic E-state index is 0. The molecule has 0 aromatic rings. The summed E-state index contributed by atoms with van der Waals surface area (Å²) in [6.45, 7) is 0. The van der Waals surface area contributed by atoms with Crippen LogP contribution in [0, 0.1) is 0 Å². The first-order chi connectivity index (χ1) is 0. The molecular formula is H2O5Ru. The molecule has 0 saturated carbocycles. The fourth-order valence-electron chi connectivity index (χ4n) is 0. The van der Waals surface area contributed by atoms with Gasteiger partial charge in [-0.1, -0.05) is 0 Å². The van der Waals surface area contributed by atoms with E-state index in [0.29, 0.717) is 0 Å². The van der Waals surface area contributed by atoms with Crippen molar-refractivity contribution >= 4 is 0 Å². The van der Waals surface area contributed by atoms with Crippen molar-refractivity contribution < 1.29 is 46.9 Å². The van der Waals surface area contributed by atoms with Gasteiger partial charge in [-0.2, -0.15) is 0 Å². The number of hydrogen-bond acceptors (Lipinski definition) is 0. The summed E-state index contributed by atoms with van der Waals surface area (Å²) in [5.41, 5.74) is 0. The van der Waals surface area contributed by atoms with E-state index in [0.717, 1.165) is 0 Å². The Labute approximate surface area is 47.7 Å². The van der Waals surface area contributed by atoms with Gasteiger partial charge in [-0.25, -0.2) is 0 Å². The minimum absolute atomic E-state index is 0. The average molecular weight is 183 g/mol. The minimum Gasteiger partial charge on any atom is -2.00 e. The second-order valence-electron chi connectivity index (χ2n) is 0. The largest absolute Gasteiger partial charge is 8.00 e. The third-order valence-electron chi connectivity index (χ3n) is 0. The summed E-state index contributed by atoms with van der Waals surface area (Å²) < 4.78 is 0. The van der Waals surface area contributed by atoms with Crippen molar-refractivity contribution in [3.05, 3.63) is 0 Å². The molecule has 0 atom stereocenters. The second kappa shape index (κ2) is 592. The van der Waals surface area contributed by atoms with Crippen LogP contribution in [0.2, 0.25) is 0 Å². The first-order valence-corrected chi connectivity index (χ1v) is 0. The third kappa shape index (κ3) is 289. The van der Waals surface area contributed by atoms with Gasteiger partial charge in [0.15, 0.2) is 0 Å². The number of hydrogen-bond donors (Lipinski definition) is 0. The Kier molecular flexibility index (Phi) is 104000. The molecule has 0 radical (unpaired) electrons. The maximum absolute atomic E-state index is 0. The zero-order valence-corrected chi connectivity index (χ0v) is 4.22. The Hall–Kier alpha value is 0.423. The molecule has 0 aliphatic rings. The predicted molar refractivity (Wildman–Crippen MR) is 6.36 cm³/mol. The number of rotatable bonds is 0. The van der Waals surface area contributed by atoms with E-state index >= 15 is 0 Å². The molecule has 6 heavy (non-hydrogen) atoms. The summed E-state index contributed by atoms with van der Waals surface area (Å²) in [5, 5.41) is 0. The molecular weight excluding hydrogens is 181 g/mol. The van der Waals surface area contributed by atoms with Crippen LogP contribution in [0.4, 0.5) is 0 Å². The van der Waals surface area contributed by atoms with E-state index < -0.39 is 0 Å². The Morgan fingerprint density at radius 1 is 0.500 bits per heavy atom. The standard InChI is InChI=1S/H2O.4O.Ru/h1H2;;;;;/q;4*-2;+8. The van der Waals surface area contributed by atoms with E-state index in [4.69, 9.17) is 0 Å². The van der Waals surface area contributed by atoms with Crippen molar-refractivity contribution in [3.63, 3.8) is 0 Å². The molecule has 0 rings (SSSR count). The molecule has 0 saturated heterocycles. The van der Waals surface area contributed by atoms with Crippen molar-refractivity contribution in [3.8, 4) is 0 Å². The molecule has 0 amide bonds. The van der Waals surface area contributed by atoms with Crippen molar-refractivity contribution in [1.29, 1.82) is 0 Å². The van der Waals surface area contributed by atoms with E-state index in [9.17, 15) is 0 Å². The van der Waals surface area contributed by atoms with Gasteiger partial charge in [-0.3, -0.25) is 0 Å². The molecule has 0 spiro atoms. The van der Waals surface area contributed by atoms with Crippen molar-refractivity contribution in [2.45, 2.75) is 0 Å². The van der Waals surface area contributed by atoms with Crippen LogP contribution in [0.5, 0.6) is 0 Å². The molecule has 6 heteroatoms. The van der Waals surface area contributed by atoms with Gasteiger partial charge in [0.2, 0.25) is 0 Å². The van der Waals surface area contributed by atoms with Gasteiger partial charge in [0, 0.05) is 0 Å². The first-order valence-electron chi connectivity index (χ1n) is 0. The summed E-state index contributed by atoms with van der Waals surface area (Å²) >= 11 is 0. The summed E-state index contributed by atoms with van der Waals surface area (Å²) in [5.74, 6) is 0. The van der Waals surface area contributed by atoms with E-state index in [2.05, 4.69) is 0 Å².